The molecule has 1 aromatic rings. The average molecular weight is 375 g/mol. The summed E-state index contributed by atoms with van der Waals surface area (Å²) >= 11 is 0. The Balaban J connectivity index is 0.00000180. The van der Waals surface area contributed by atoms with E-state index in [1.165, 1.54) is 18.4 Å². The lowest BCUT2D eigenvalue weighted by molar-refractivity contribution is 0.327. The summed E-state index contributed by atoms with van der Waals surface area (Å²) in [6.07, 6.45) is 2.46. The van der Waals surface area contributed by atoms with Crippen LogP contribution in [0.1, 0.15) is 18.4 Å². The standard InChI is InChI=1S/C14H21N3O.HI/c1-11-4-3-5-13(10-11)18-9-8-16-14(15)17(2)12-6-7-12;/h3-5,10,12H,6-9H2,1-2H3,(H2,15,16);1H. The Morgan fingerprint density at radius 2 is 2.21 bits per heavy atom. The van der Waals surface area contributed by atoms with Crippen LogP contribution in [0, 0.1) is 6.92 Å². The van der Waals surface area contributed by atoms with Crippen molar-refractivity contribution in [3.8, 4) is 5.75 Å². The number of halogens is 1. The lowest BCUT2D eigenvalue weighted by atomic mass is 10.2. The summed E-state index contributed by atoms with van der Waals surface area (Å²) in [4.78, 5) is 6.37. The number of nitrogens with zero attached hydrogens (tertiary/aromatic N) is 2. The molecule has 0 bridgehead atoms. The van der Waals surface area contributed by atoms with Crippen molar-refractivity contribution in [2.75, 3.05) is 20.2 Å². The zero-order chi connectivity index (χ0) is 13.0. The second kappa shape index (κ2) is 7.57. The molecular weight excluding hydrogens is 353 g/mol. The van der Waals surface area contributed by atoms with Crippen LogP contribution in [0.5, 0.6) is 5.75 Å². The molecule has 1 aliphatic rings. The number of hydrogen-bond donors (Lipinski definition) is 1. The van der Waals surface area contributed by atoms with Crippen molar-refractivity contribution in [1.29, 1.82) is 0 Å². The van der Waals surface area contributed by atoms with Crippen molar-refractivity contribution in [3.63, 3.8) is 0 Å². The summed E-state index contributed by atoms with van der Waals surface area (Å²) < 4.78 is 5.61. The van der Waals surface area contributed by atoms with Gasteiger partial charge in [-0.05, 0) is 37.5 Å². The second-order valence-corrected chi connectivity index (χ2v) is 4.75. The van der Waals surface area contributed by atoms with Gasteiger partial charge in [0, 0.05) is 13.1 Å². The van der Waals surface area contributed by atoms with Crippen LogP contribution in [0.2, 0.25) is 0 Å². The zero-order valence-electron chi connectivity index (χ0n) is 11.5. The van der Waals surface area contributed by atoms with Gasteiger partial charge in [0.05, 0.1) is 6.54 Å². The Labute approximate surface area is 132 Å². The topological polar surface area (TPSA) is 50.9 Å². The van der Waals surface area contributed by atoms with E-state index in [2.05, 4.69) is 4.99 Å². The molecule has 0 aromatic heterocycles. The van der Waals surface area contributed by atoms with Gasteiger partial charge < -0.3 is 15.4 Å². The van der Waals surface area contributed by atoms with Crippen molar-refractivity contribution in [1.82, 2.24) is 4.90 Å². The minimum atomic E-state index is 0. The quantitative estimate of drug-likeness (QED) is 0.372. The summed E-state index contributed by atoms with van der Waals surface area (Å²) in [5.41, 5.74) is 7.08. The van der Waals surface area contributed by atoms with Gasteiger partial charge in [0.25, 0.3) is 0 Å². The minimum absolute atomic E-state index is 0. The number of hydrogen-bond acceptors (Lipinski definition) is 2. The molecule has 0 saturated heterocycles. The molecule has 0 amide bonds. The maximum atomic E-state index is 5.88. The molecular formula is C14H22IN3O. The summed E-state index contributed by atoms with van der Waals surface area (Å²) in [5.74, 6) is 1.50. The third-order valence-corrected chi connectivity index (χ3v) is 3.08. The Hall–Kier alpha value is -0.980. The van der Waals surface area contributed by atoms with Crippen LogP contribution in [0.4, 0.5) is 0 Å². The van der Waals surface area contributed by atoms with Crippen LogP contribution >= 0.6 is 24.0 Å². The first-order valence-electron chi connectivity index (χ1n) is 6.39. The first kappa shape index (κ1) is 16.1. The number of aliphatic imine (C=N–C) groups is 1. The molecule has 1 saturated carbocycles. The van der Waals surface area contributed by atoms with Crippen molar-refractivity contribution in [3.05, 3.63) is 29.8 Å². The Kier molecular flexibility index (Phi) is 6.41. The summed E-state index contributed by atoms with van der Waals surface area (Å²) in [6, 6.07) is 8.61. The van der Waals surface area contributed by atoms with E-state index >= 15 is 0 Å². The van der Waals surface area contributed by atoms with Crippen LogP contribution < -0.4 is 10.5 Å². The van der Waals surface area contributed by atoms with E-state index in [0.717, 1.165) is 5.75 Å². The summed E-state index contributed by atoms with van der Waals surface area (Å²) in [5, 5.41) is 0. The van der Waals surface area contributed by atoms with Crippen molar-refractivity contribution >= 4 is 29.9 Å². The normalized spacial score (nSPS) is 14.7. The van der Waals surface area contributed by atoms with Gasteiger partial charge in [-0.1, -0.05) is 12.1 Å². The van der Waals surface area contributed by atoms with Gasteiger partial charge in [-0.15, -0.1) is 24.0 Å². The lowest BCUT2D eigenvalue weighted by Crippen LogP contribution is -2.36. The molecule has 4 nitrogen and oxygen atoms in total. The van der Waals surface area contributed by atoms with Gasteiger partial charge >= 0.3 is 0 Å². The smallest absolute Gasteiger partial charge is 0.191 e. The van der Waals surface area contributed by atoms with Crippen LogP contribution in [0.25, 0.3) is 0 Å². The van der Waals surface area contributed by atoms with Gasteiger partial charge in [-0.2, -0.15) is 0 Å². The van der Waals surface area contributed by atoms with E-state index in [4.69, 9.17) is 10.5 Å². The molecule has 2 rings (SSSR count). The number of rotatable bonds is 5. The van der Waals surface area contributed by atoms with Gasteiger partial charge in [-0.25, -0.2) is 4.99 Å². The molecule has 0 heterocycles. The fourth-order valence-electron chi connectivity index (χ4n) is 1.79. The Morgan fingerprint density at radius 1 is 1.47 bits per heavy atom. The van der Waals surface area contributed by atoms with Crippen LogP contribution in [-0.4, -0.2) is 37.1 Å². The molecule has 5 heteroatoms. The SMILES string of the molecule is Cc1cccc(OCCN=C(N)N(C)C2CC2)c1.I. The highest BCUT2D eigenvalue weighted by molar-refractivity contribution is 14.0. The molecule has 1 aromatic carbocycles. The molecule has 0 unspecified atom stereocenters. The second-order valence-electron chi connectivity index (χ2n) is 4.75. The minimum Gasteiger partial charge on any atom is -0.492 e. The van der Waals surface area contributed by atoms with Gasteiger partial charge in [-0.3, -0.25) is 0 Å². The molecule has 0 atom stereocenters. The molecule has 0 radical (unpaired) electrons. The number of ether oxygens (including phenoxy) is 1. The highest BCUT2D eigenvalue weighted by Crippen LogP contribution is 2.24. The van der Waals surface area contributed by atoms with Crippen LogP contribution in [-0.2, 0) is 0 Å². The van der Waals surface area contributed by atoms with E-state index < -0.39 is 0 Å². The fourth-order valence-corrected chi connectivity index (χ4v) is 1.79. The van der Waals surface area contributed by atoms with Gasteiger partial charge in [0.15, 0.2) is 5.96 Å². The summed E-state index contributed by atoms with van der Waals surface area (Å²) in [6.45, 7) is 3.20. The van der Waals surface area contributed by atoms with Gasteiger partial charge in [0.2, 0.25) is 0 Å². The highest BCUT2D eigenvalue weighted by atomic mass is 127. The maximum Gasteiger partial charge on any atom is 0.191 e. The first-order chi connectivity index (χ1) is 8.66. The highest BCUT2D eigenvalue weighted by Gasteiger charge is 2.27. The molecule has 0 aliphatic heterocycles. The number of benzene rings is 1. The number of guanidine groups is 1. The number of nitrogens with two attached hydrogens (primary N) is 1. The molecule has 1 fully saturated rings. The fraction of sp³-hybridized carbons (Fsp3) is 0.500. The Bertz CT molecular complexity index is 432. The zero-order valence-corrected chi connectivity index (χ0v) is 13.8. The van der Waals surface area contributed by atoms with Crippen molar-refractivity contribution < 1.29 is 4.74 Å². The van der Waals surface area contributed by atoms with E-state index in [9.17, 15) is 0 Å². The van der Waals surface area contributed by atoms with Crippen molar-refractivity contribution in [2.45, 2.75) is 25.8 Å². The summed E-state index contributed by atoms with van der Waals surface area (Å²) in [7, 11) is 2.00. The largest absolute Gasteiger partial charge is 0.492 e. The Morgan fingerprint density at radius 3 is 2.84 bits per heavy atom. The first-order valence-corrected chi connectivity index (χ1v) is 6.39. The maximum absolute atomic E-state index is 5.88. The monoisotopic (exact) mass is 375 g/mol. The predicted octanol–water partition coefficient (Wildman–Crippen LogP) is 2.40. The third kappa shape index (κ3) is 5.26. The van der Waals surface area contributed by atoms with E-state index in [1.807, 2.05) is 43.1 Å². The van der Waals surface area contributed by atoms with Gasteiger partial charge in [0.1, 0.15) is 12.4 Å². The lowest BCUT2D eigenvalue weighted by Gasteiger charge is -2.16. The predicted molar refractivity (Wildman–Crippen MR) is 89.4 cm³/mol. The third-order valence-electron chi connectivity index (χ3n) is 3.08. The van der Waals surface area contributed by atoms with E-state index in [0.29, 0.717) is 25.2 Å². The van der Waals surface area contributed by atoms with Crippen LogP contribution in [0.15, 0.2) is 29.3 Å². The molecule has 106 valence electrons. The molecule has 0 spiro atoms. The average Bonchev–Trinajstić information content (AvgIpc) is 3.17. The van der Waals surface area contributed by atoms with Crippen molar-refractivity contribution in [2.24, 2.45) is 10.7 Å². The number of aryl methyl sites for hydroxylation is 1. The molecule has 1 aliphatic carbocycles. The van der Waals surface area contributed by atoms with Crippen LogP contribution in [0.3, 0.4) is 0 Å². The van der Waals surface area contributed by atoms with E-state index in [1.54, 1.807) is 0 Å². The molecule has 2 N–H and O–H groups in total. The molecule has 19 heavy (non-hydrogen) atoms. The van der Waals surface area contributed by atoms with E-state index in [-0.39, 0.29) is 24.0 Å².